The summed E-state index contributed by atoms with van der Waals surface area (Å²) in [6, 6.07) is 0. The number of ketones is 1. The molecule has 184 valence electrons. The van der Waals surface area contributed by atoms with Gasteiger partial charge >= 0.3 is 5.97 Å². The van der Waals surface area contributed by atoms with E-state index in [2.05, 4.69) is 11.1 Å². The van der Waals surface area contributed by atoms with Crippen molar-refractivity contribution in [2.45, 2.75) is 92.0 Å². The molecule has 0 spiro atoms. The third-order valence-corrected chi connectivity index (χ3v) is 7.47. The zero-order chi connectivity index (χ0) is 24.8. The van der Waals surface area contributed by atoms with Gasteiger partial charge in [-0.3, -0.25) is 9.59 Å². The van der Waals surface area contributed by atoms with Crippen LogP contribution in [0.4, 0.5) is 0 Å². The van der Waals surface area contributed by atoms with E-state index in [0.717, 1.165) is 35.5 Å². The number of carbonyl (C=O) groups excluding carboxylic acids is 2. The number of rotatable bonds is 2. The lowest BCUT2D eigenvalue weighted by molar-refractivity contribution is -0.154. The second kappa shape index (κ2) is 12.0. The third-order valence-electron chi connectivity index (χ3n) is 6.68. The van der Waals surface area contributed by atoms with E-state index in [1.165, 1.54) is 0 Å². The Bertz CT molecular complexity index is 872. The quantitative estimate of drug-likeness (QED) is 0.466. The Morgan fingerprint density at radius 1 is 1.24 bits per heavy atom. The van der Waals surface area contributed by atoms with E-state index in [9.17, 15) is 19.8 Å². The van der Waals surface area contributed by atoms with Gasteiger partial charge < -0.3 is 14.9 Å². The second-order valence-corrected chi connectivity index (χ2v) is 10.9. The summed E-state index contributed by atoms with van der Waals surface area (Å²) < 4.78 is 5.75. The Balaban J connectivity index is 2.27. The van der Waals surface area contributed by atoms with Crippen molar-refractivity contribution in [2.24, 2.45) is 17.3 Å². The van der Waals surface area contributed by atoms with Crippen LogP contribution in [-0.2, 0) is 14.3 Å². The number of aromatic nitrogens is 1. The molecule has 1 aromatic heterocycles. The molecule has 0 fully saturated rings. The first-order valence-electron chi connectivity index (χ1n) is 11.8. The minimum atomic E-state index is -1.21. The number of nitrogens with zero attached hydrogens (tertiary/aromatic N) is 1. The maximum Gasteiger partial charge on any atom is 0.309 e. The van der Waals surface area contributed by atoms with Gasteiger partial charge in [-0.1, -0.05) is 39.8 Å². The number of allylic oxidation sites excluding steroid dienone is 1. The molecule has 0 amide bonds. The van der Waals surface area contributed by atoms with E-state index in [0.29, 0.717) is 6.42 Å². The molecule has 1 aromatic rings. The highest BCUT2D eigenvalue weighted by Crippen LogP contribution is 2.32. The monoisotopic (exact) mass is 477 g/mol. The van der Waals surface area contributed by atoms with Crippen LogP contribution in [0.1, 0.15) is 77.4 Å². The van der Waals surface area contributed by atoms with Crippen molar-refractivity contribution < 1.29 is 24.5 Å². The summed E-state index contributed by atoms with van der Waals surface area (Å²) in [5.74, 6) is -1.48. The number of cyclic esters (lactones) is 1. The van der Waals surface area contributed by atoms with E-state index >= 15 is 0 Å². The number of esters is 1. The number of aliphatic hydroxyl groups excluding tert-OH is 2. The molecule has 0 unspecified atom stereocenters. The first-order chi connectivity index (χ1) is 15.4. The Morgan fingerprint density at radius 3 is 2.58 bits per heavy atom. The van der Waals surface area contributed by atoms with Crippen molar-refractivity contribution in [3.8, 4) is 0 Å². The van der Waals surface area contributed by atoms with Gasteiger partial charge in [-0.2, -0.15) is 0 Å². The summed E-state index contributed by atoms with van der Waals surface area (Å²) in [5, 5.41) is 24.4. The highest BCUT2D eigenvalue weighted by atomic mass is 32.1. The lowest BCUT2D eigenvalue weighted by Crippen LogP contribution is -2.45. The van der Waals surface area contributed by atoms with E-state index < -0.39 is 35.6 Å². The van der Waals surface area contributed by atoms with Crippen LogP contribution >= 0.6 is 11.3 Å². The van der Waals surface area contributed by atoms with E-state index in [1.54, 1.807) is 32.1 Å². The number of aliphatic hydroxyl groups is 2. The normalized spacial score (nSPS) is 31.8. The number of hydrogen-bond donors (Lipinski definition) is 2. The Hall–Kier alpha value is -1.83. The molecule has 1 aliphatic rings. The van der Waals surface area contributed by atoms with Gasteiger partial charge in [0, 0.05) is 17.7 Å². The molecule has 1 aliphatic heterocycles. The molecule has 2 heterocycles. The molecule has 0 bridgehead atoms. The van der Waals surface area contributed by atoms with Crippen LogP contribution in [0, 0.1) is 24.2 Å². The summed E-state index contributed by atoms with van der Waals surface area (Å²) in [6.45, 7) is 10.8. The summed E-state index contributed by atoms with van der Waals surface area (Å²) >= 11 is 1.56. The number of ether oxygens (including phenoxy) is 1. The van der Waals surface area contributed by atoms with Crippen molar-refractivity contribution in [1.82, 2.24) is 4.98 Å². The average molecular weight is 478 g/mol. The Kier molecular flexibility index (Phi) is 10.0. The summed E-state index contributed by atoms with van der Waals surface area (Å²) in [5.41, 5.74) is 0.513. The molecule has 6 nitrogen and oxygen atoms in total. The minimum Gasteiger partial charge on any atom is -0.457 e. The molecule has 7 heteroatoms. The summed E-state index contributed by atoms with van der Waals surface area (Å²) in [6.07, 6.45) is 6.28. The third kappa shape index (κ3) is 7.59. The maximum atomic E-state index is 13.1. The van der Waals surface area contributed by atoms with Crippen LogP contribution in [0.2, 0.25) is 0 Å². The van der Waals surface area contributed by atoms with Crippen molar-refractivity contribution >= 4 is 29.2 Å². The first kappa shape index (κ1) is 27.4. The highest BCUT2D eigenvalue weighted by molar-refractivity contribution is 7.09. The molecule has 0 aromatic carbocycles. The van der Waals surface area contributed by atoms with Crippen LogP contribution in [0.25, 0.3) is 6.08 Å². The van der Waals surface area contributed by atoms with Crippen LogP contribution in [-0.4, -0.2) is 45.3 Å². The number of thiazole rings is 1. The SMILES string of the molecule is C/C(=C\c1csc(C)n1)[C@@H]1C/C=C/CCC[C@@H](C)[C@@H](O)[C@H](C)C(=O)C(C)(C)[C@H](O)CC(=O)O1. The largest absolute Gasteiger partial charge is 0.457 e. The van der Waals surface area contributed by atoms with E-state index in [1.807, 2.05) is 38.3 Å². The number of aryl methyl sites for hydroxylation is 1. The topological polar surface area (TPSA) is 96.7 Å². The number of hydrogen-bond acceptors (Lipinski definition) is 7. The molecular formula is C26H39NO5S. The van der Waals surface area contributed by atoms with Gasteiger partial charge in [0.05, 0.1) is 34.7 Å². The van der Waals surface area contributed by atoms with Gasteiger partial charge in [-0.15, -0.1) is 11.3 Å². The van der Waals surface area contributed by atoms with E-state index in [4.69, 9.17) is 4.74 Å². The second-order valence-electron chi connectivity index (χ2n) is 9.86. The van der Waals surface area contributed by atoms with Crippen molar-refractivity contribution in [3.63, 3.8) is 0 Å². The van der Waals surface area contributed by atoms with Crippen molar-refractivity contribution in [3.05, 3.63) is 33.8 Å². The van der Waals surface area contributed by atoms with Gasteiger partial charge in [-0.05, 0) is 50.7 Å². The Labute approximate surface area is 201 Å². The highest BCUT2D eigenvalue weighted by Gasteiger charge is 2.42. The fourth-order valence-electron chi connectivity index (χ4n) is 4.18. The number of Topliss-reactive ketones (excluding diaryl/α,β-unsaturated/α-hetero) is 1. The van der Waals surface area contributed by atoms with E-state index in [-0.39, 0.29) is 18.1 Å². The zero-order valence-electron chi connectivity index (χ0n) is 20.7. The molecule has 0 saturated carbocycles. The summed E-state index contributed by atoms with van der Waals surface area (Å²) in [7, 11) is 0. The van der Waals surface area contributed by atoms with Gasteiger partial charge in [0.1, 0.15) is 11.9 Å². The predicted molar refractivity (Wildman–Crippen MR) is 132 cm³/mol. The maximum absolute atomic E-state index is 13.1. The molecule has 0 radical (unpaired) electrons. The molecule has 2 rings (SSSR count). The molecule has 0 saturated heterocycles. The fourth-order valence-corrected chi connectivity index (χ4v) is 4.75. The van der Waals surface area contributed by atoms with Crippen LogP contribution in [0.5, 0.6) is 0 Å². The first-order valence-corrected chi connectivity index (χ1v) is 12.7. The van der Waals surface area contributed by atoms with Gasteiger partial charge in [-0.25, -0.2) is 4.98 Å². The Morgan fingerprint density at radius 2 is 1.94 bits per heavy atom. The fraction of sp³-hybridized carbons (Fsp3) is 0.654. The standard InChI is InChI=1S/C26H39NO5S/c1-16-11-9-7-8-10-12-21(17(2)13-20-15-33-19(4)27-20)32-23(29)14-22(28)26(5,6)25(31)18(3)24(16)30/h8,10,13,15-16,18,21-22,24,28,30H,7,9,11-12,14H2,1-6H3/b10-8+,17-13+/t16-,18+,21+,22-,24-/m1/s1. The molecule has 2 N–H and O–H groups in total. The summed E-state index contributed by atoms with van der Waals surface area (Å²) in [4.78, 5) is 30.3. The lowest BCUT2D eigenvalue weighted by Gasteiger charge is -2.34. The average Bonchev–Trinajstić information content (AvgIpc) is 3.16. The van der Waals surface area contributed by atoms with Gasteiger partial charge in [0.2, 0.25) is 0 Å². The predicted octanol–water partition coefficient (Wildman–Crippen LogP) is 4.88. The zero-order valence-corrected chi connectivity index (χ0v) is 21.5. The van der Waals surface area contributed by atoms with Crippen LogP contribution < -0.4 is 0 Å². The lowest BCUT2D eigenvalue weighted by atomic mass is 9.73. The molecule has 33 heavy (non-hydrogen) atoms. The van der Waals surface area contributed by atoms with Gasteiger partial charge in [0.25, 0.3) is 0 Å². The molecular weight excluding hydrogens is 438 g/mol. The van der Waals surface area contributed by atoms with Crippen molar-refractivity contribution in [1.29, 1.82) is 0 Å². The molecule has 5 atom stereocenters. The van der Waals surface area contributed by atoms with Gasteiger partial charge in [0.15, 0.2) is 0 Å². The van der Waals surface area contributed by atoms with Crippen LogP contribution in [0.3, 0.4) is 0 Å². The minimum absolute atomic E-state index is 0.0392. The van der Waals surface area contributed by atoms with Crippen LogP contribution in [0.15, 0.2) is 23.1 Å². The van der Waals surface area contributed by atoms with Crippen molar-refractivity contribution in [2.75, 3.05) is 0 Å². The number of carbonyl (C=O) groups is 2. The molecule has 0 aliphatic carbocycles. The smallest absolute Gasteiger partial charge is 0.309 e.